The van der Waals surface area contributed by atoms with Gasteiger partial charge in [-0.05, 0) is 106 Å². The molecule has 0 amide bonds. The second-order valence-electron chi connectivity index (χ2n) is 17.3. The number of hydrogen-bond donors (Lipinski definition) is 0. The van der Waals surface area contributed by atoms with Crippen LogP contribution in [0.5, 0.6) is 0 Å². The Morgan fingerprint density at radius 2 is 0.794 bits per heavy atom. The molecule has 1 aliphatic carbocycles. The molecule has 0 saturated heterocycles. The first-order valence-corrected chi connectivity index (χ1v) is 21.8. The number of aromatic nitrogens is 2. The van der Waals surface area contributed by atoms with Crippen LogP contribution in [0.2, 0.25) is 0 Å². The molecular formula is C61H42N2. The molecule has 0 fully saturated rings. The van der Waals surface area contributed by atoms with E-state index in [-0.39, 0.29) is 5.41 Å². The first-order chi connectivity index (χ1) is 31.0. The van der Waals surface area contributed by atoms with E-state index in [9.17, 15) is 0 Å². The Balaban J connectivity index is 1.04. The van der Waals surface area contributed by atoms with Gasteiger partial charge in [-0.2, -0.15) is 0 Å². The molecule has 1 aromatic heterocycles. The van der Waals surface area contributed by atoms with Gasteiger partial charge in [-0.1, -0.05) is 214 Å². The van der Waals surface area contributed by atoms with Crippen molar-refractivity contribution in [2.24, 2.45) is 0 Å². The Morgan fingerprint density at radius 1 is 0.302 bits per heavy atom. The molecule has 63 heavy (non-hydrogen) atoms. The van der Waals surface area contributed by atoms with E-state index < -0.39 is 0 Å². The highest BCUT2D eigenvalue weighted by Gasteiger charge is 2.37. The number of nitrogens with zero attached hydrogens (tertiary/aromatic N) is 2. The van der Waals surface area contributed by atoms with Crippen molar-refractivity contribution in [1.82, 2.24) is 9.97 Å². The molecule has 10 aromatic carbocycles. The number of hydrogen-bond acceptors (Lipinski definition) is 2. The number of rotatable bonds is 6. The predicted molar refractivity (Wildman–Crippen MR) is 265 cm³/mol. The van der Waals surface area contributed by atoms with Crippen LogP contribution >= 0.6 is 0 Å². The van der Waals surface area contributed by atoms with Gasteiger partial charge >= 0.3 is 0 Å². The lowest BCUT2D eigenvalue weighted by molar-refractivity contribution is 0.661. The van der Waals surface area contributed by atoms with Gasteiger partial charge in [0.2, 0.25) is 0 Å². The van der Waals surface area contributed by atoms with Crippen LogP contribution in [0.15, 0.2) is 218 Å². The Morgan fingerprint density at radius 3 is 1.46 bits per heavy atom. The second kappa shape index (κ2) is 14.6. The highest BCUT2D eigenvalue weighted by molar-refractivity contribution is 6.21. The third-order valence-electron chi connectivity index (χ3n) is 13.3. The van der Waals surface area contributed by atoms with Gasteiger partial charge in [0.25, 0.3) is 0 Å². The maximum absolute atomic E-state index is 5.41. The third kappa shape index (κ3) is 6.02. The molecule has 0 radical (unpaired) electrons. The third-order valence-corrected chi connectivity index (χ3v) is 13.3. The van der Waals surface area contributed by atoms with Gasteiger partial charge in [-0.25, -0.2) is 9.97 Å². The molecule has 12 rings (SSSR count). The SMILES string of the molecule is CC1(C)c2cc3ccccc3cc2-c2c(-c3ccc(-c4c5ccccc5c(-c5cc(-c6ccccc6-c6ccccc6)nc(-c6ccccc6)n5)c5ccccc45)cc3)cccc21. The Kier molecular flexibility index (Phi) is 8.55. The summed E-state index contributed by atoms with van der Waals surface area (Å²) >= 11 is 0. The molecule has 0 spiro atoms. The van der Waals surface area contributed by atoms with Gasteiger partial charge in [-0.15, -0.1) is 0 Å². The van der Waals surface area contributed by atoms with Crippen LogP contribution in [0.4, 0.5) is 0 Å². The lowest BCUT2D eigenvalue weighted by Crippen LogP contribution is -2.14. The fraction of sp³-hybridized carbons (Fsp3) is 0.0492. The number of fused-ring (bicyclic) bond motifs is 6. The molecule has 11 aromatic rings. The topological polar surface area (TPSA) is 25.8 Å². The molecule has 1 heterocycles. The van der Waals surface area contributed by atoms with E-state index in [0.29, 0.717) is 5.82 Å². The molecule has 2 nitrogen and oxygen atoms in total. The summed E-state index contributed by atoms with van der Waals surface area (Å²) in [4.78, 5) is 10.7. The van der Waals surface area contributed by atoms with Crippen molar-refractivity contribution in [3.05, 3.63) is 230 Å². The summed E-state index contributed by atoms with van der Waals surface area (Å²) in [5, 5.41) is 7.25. The zero-order valence-corrected chi connectivity index (χ0v) is 35.2. The van der Waals surface area contributed by atoms with Crippen molar-refractivity contribution in [2.45, 2.75) is 19.3 Å². The molecule has 0 aliphatic heterocycles. The molecular weight excluding hydrogens is 761 g/mol. The molecule has 0 bridgehead atoms. The minimum atomic E-state index is -0.0954. The molecule has 0 unspecified atom stereocenters. The highest BCUT2D eigenvalue weighted by Crippen LogP contribution is 2.53. The predicted octanol–water partition coefficient (Wildman–Crippen LogP) is 16.2. The summed E-state index contributed by atoms with van der Waals surface area (Å²) in [6.07, 6.45) is 0. The van der Waals surface area contributed by atoms with Gasteiger partial charge in [0.15, 0.2) is 5.82 Å². The zero-order valence-electron chi connectivity index (χ0n) is 35.2. The van der Waals surface area contributed by atoms with E-state index in [2.05, 4.69) is 226 Å². The average Bonchev–Trinajstić information content (AvgIpc) is 3.57. The van der Waals surface area contributed by atoms with E-state index in [0.717, 1.165) is 50.0 Å². The Labute approximate surface area is 367 Å². The van der Waals surface area contributed by atoms with E-state index in [1.165, 1.54) is 66.1 Å². The molecule has 0 N–H and O–H groups in total. The summed E-state index contributed by atoms with van der Waals surface area (Å²) in [6, 6.07) is 79.0. The van der Waals surface area contributed by atoms with Crippen molar-refractivity contribution in [1.29, 1.82) is 0 Å². The van der Waals surface area contributed by atoms with E-state index in [1.54, 1.807) is 0 Å². The van der Waals surface area contributed by atoms with Crippen molar-refractivity contribution >= 4 is 32.3 Å². The molecule has 0 atom stereocenters. The fourth-order valence-corrected chi connectivity index (χ4v) is 10.3. The van der Waals surface area contributed by atoms with Crippen LogP contribution in [0.1, 0.15) is 25.0 Å². The quantitative estimate of drug-likeness (QED) is 0.157. The largest absolute Gasteiger partial charge is 0.228 e. The lowest BCUT2D eigenvalue weighted by Gasteiger charge is -2.22. The van der Waals surface area contributed by atoms with Crippen LogP contribution < -0.4 is 0 Å². The van der Waals surface area contributed by atoms with Crippen LogP contribution in [-0.4, -0.2) is 9.97 Å². The van der Waals surface area contributed by atoms with Crippen LogP contribution in [0, 0.1) is 0 Å². The summed E-state index contributed by atoms with van der Waals surface area (Å²) in [5.41, 5.74) is 17.5. The monoisotopic (exact) mass is 802 g/mol. The number of benzene rings is 10. The van der Waals surface area contributed by atoms with E-state index in [4.69, 9.17) is 9.97 Å². The summed E-state index contributed by atoms with van der Waals surface area (Å²) in [7, 11) is 0. The zero-order chi connectivity index (χ0) is 42.1. The molecule has 0 saturated carbocycles. The van der Waals surface area contributed by atoms with Crippen molar-refractivity contribution in [3.63, 3.8) is 0 Å². The molecule has 1 aliphatic rings. The first-order valence-electron chi connectivity index (χ1n) is 21.8. The fourth-order valence-electron chi connectivity index (χ4n) is 10.3. The van der Waals surface area contributed by atoms with Crippen LogP contribution in [0.3, 0.4) is 0 Å². The van der Waals surface area contributed by atoms with E-state index in [1.807, 2.05) is 6.07 Å². The van der Waals surface area contributed by atoms with Gasteiger partial charge in [0.05, 0.1) is 11.4 Å². The van der Waals surface area contributed by atoms with Crippen LogP contribution in [-0.2, 0) is 5.41 Å². The van der Waals surface area contributed by atoms with Crippen molar-refractivity contribution in [2.75, 3.05) is 0 Å². The summed E-state index contributed by atoms with van der Waals surface area (Å²) in [5.74, 6) is 0.699. The van der Waals surface area contributed by atoms with Gasteiger partial charge in [0, 0.05) is 22.1 Å². The average molecular weight is 803 g/mol. The van der Waals surface area contributed by atoms with Gasteiger partial charge < -0.3 is 0 Å². The smallest absolute Gasteiger partial charge is 0.160 e. The Bertz CT molecular complexity index is 3510. The Hall–Kier alpha value is -7.94. The van der Waals surface area contributed by atoms with Crippen molar-refractivity contribution in [3.8, 4) is 78.4 Å². The minimum absolute atomic E-state index is 0.0954. The van der Waals surface area contributed by atoms with Gasteiger partial charge in [0.1, 0.15) is 0 Å². The standard InChI is InChI=1S/C61H42N2/c1-61(2)53-31-17-30-46(58(53)52-36-43-22-9-10-23-44(43)37-54(52)61)40-32-34-41(35-33-40)57-48-26-13-15-28-50(48)59(51-29-16-14-27-49(51)57)56-38-55(62-60(63-56)42-20-7-4-8-21-42)47-25-12-11-24-45(47)39-18-5-3-6-19-39/h3-38H,1-2H3. The second-order valence-corrected chi connectivity index (χ2v) is 17.3. The summed E-state index contributed by atoms with van der Waals surface area (Å²) in [6.45, 7) is 4.74. The lowest BCUT2D eigenvalue weighted by atomic mass is 9.81. The van der Waals surface area contributed by atoms with Crippen molar-refractivity contribution < 1.29 is 0 Å². The minimum Gasteiger partial charge on any atom is -0.228 e. The maximum Gasteiger partial charge on any atom is 0.160 e. The highest BCUT2D eigenvalue weighted by atomic mass is 14.9. The molecule has 2 heteroatoms. The van der Waals surface area contributed by atoms with Gasteiger partial charge in [-0.3, -0.25) is 0 Å². The molecule has 296 valence electrons. The summed E-state index contributed by atoms with van der Waals surface area (Å²) < 4.78 is 0. The van der Waals surface area contributed by atoms with Crippen LogP contribution in [0.25, 0.3) is 111 Å². The van der Waals surface area contributed by atoms with E-state index >= 15 is 0 Å². The maximum atomic E-state index is 5.41. The normalized spacial score (nSPS) is 12.7. The first kappa shape index (κ1) is 36.9.